The molecule has 0 amide bonds. The monoisotopic (exact) mass is 381 g/mol. The molecule has 2 N–H and O–H groups in total. The summed E-state index contributed by atoms with van der Waals surface area (Å²) in [6.45, 7) is 1.94. The maximum absolute atomic E-state index is 12.8. The second kappa shape index (κ2) is 7.25. The van der Waals surface area contributed by atoms with Crippen LogP contribution in [-0.4, -0.2) is 21.1 Å². The van der Waals surface area contributed by atoms with Crippen LogP contribution in [0.25, 0.3) is 16.5 Å². The quantitative estimate of drug-likeness (QED) is 0.551. The Hall–Kier alpha value is -3.91. The number of pyridine rings is 1. The normalized spacial score (nSPS) is 13.4. The Balaban J connectivity index is 2.05. The van der Waals surface area contributed by atoms with Crippen LogP contribution in [0.15, 0.2) is 54.8 Å². The van der Waals surface area contributed by atoms with Gasteiger partial charge in [0, 0.05) is 53.7 Å². The van der Waals surface area contributed by atoms with Crippen LogP contribution in [0, 0.1) is 12.3 Å². The van der Waals surface area contributed by atoms with E-state index in [1.165, 1.54) is 6.92 Å². The van der Waals surface area contributed by atoms with Gasteiger partial charge in [0.25, 0.3) is 0 Å². The van der Waals surface area contributed by atoms with E-state index < -0.39 is 0 Å². The minimum Gasteiger partial charge on any atom is -0.384 e. The summed E-state index contributed by atoms with van der Waals surface area (Å²) in [6, 6.07) is 9.23. The lowest BCUT2D eigenvalue weighted by Gasteiger charge is -2.12. The molecule has 0 saturated heterocycles. The molecule has 5 nitrogen and oxygen atoms in total. The van der Waals surface area contributed by atoms with E-state index in [0.717, 1.165) is 16.5 Å². The number of carbonyl (C=O) groups is 2. The van der Waals surface area contributed by atoms with Crippen molar-refractivity contribution in [2.45, 2.75) is 19.9 Å². The lowest BCUT2D eigenvalue weighted by Crippen LogP contribution is -2.12. The zero-order valence-corrected chi connectivity index (χ0v) is 16.0. The van der Waals surface area contributed by atoms with Gasteiger partial charge in [0.15, 0.2) is 11.6 Å². The SMILES string of the molecule is C#Cc1ccc2c(c1)c(C1=CC=CCC1=O)c(C(C)=O)n2Cc1ccnc(N)c1. The smallest absolute Gasteiger partial charge is 0.176 e. The summed E-state index contributed by atoms with van der Waals surface area (Å²) in [4.78, 5) is 29.5. The number of fused-ring (bicyclic) bond motifs is 1. The minimum absolute atomic E-state index is 0.0201. The molecule has 0 radical (unpaired) electrons. The lowest BCUT2D eigenvalue weighted by atomic mass is 9.92. The van der Waals surface area contributed by atoms with E-state index in [9.17, 15) is 9.59 Å². The molecule has 0 bridgehead atoms. The Morgan fingerprint density at radius 3 is 2.83 bits per heavy atom. The second-order valence-electron chi connectivity index (χ2n) is 6.97. The zero-order chi connectivity index (χ0) is 20.5. The van der Waals surface area contributed by atoms with Gasteiger partial charge in [0.2, 0.25) is 0 Å². The maximum Gasteiger partial charge on any atom is 0.176 e. The number of nitrogens with two attached hydrogens (primary N) is 1. The summed E-state index contributed by atoms with van der Waals surface area (Å²) in [7, 11) is 0. The van der Waals surface area contributed by atoms with Gasteiger partial charge in [0.05, 0.1) is 5.69 Å². The van der Waals surface area contributed by atoms with Gasteiger partial charge in [-0.3, -0.25) is 9.59 Å². The number of nitrogens with zero attached hydrogens (tertiary/aromatic N) is 2. The predicted molar refractivity (Wildman–Crippen MR) is 114 cm³/mol. The largest absolute Gasteiger partial charge is 0.384 e. The highest BCUT2D eigenvalue weighted by Crippen LogP contribution is 2.35. The maximum atomic E-state index is 12.8. The standard InChI is InChI=1S/C24H19N3O2/c1-3-16-8-9-20-19(12-16)23(18-6-4-5-7-21(18)29)24(15(2)28)27(20)14-17-10-11-26-22(25)13-17/h1,4-6,8-13H,7,14H2,2H3,(H2,25,26). The van der Waals surface area contributed by atoms with Gasteiger partial charge < -0.3 is 10.3 Å². The molecule has 2 heterocycles. The number of ketones is 2. The van der Waals surface area contributed by atoms with Crippen LogP contribution in [0.1, 0.15) is 40.5 Å². The third-order valence-corrected chi connectivity index (χ3v) is 5.02. The molecule has 3 aromatic rings. The van der Waals surface area contributed by atoms with Crippen molar-refractivity contribution in [1.29, 1.82) is 0 Å². The van der Waals surface area contributed by atoms with E-state index >= 15 is 0 Å². The number of Topliss-reactive ketones (excluding diaryl/α,β-unsaturated/α-hetero) is 2. The first-order valence-electron chi connectivity index (χ1n) is 9.24. The van der Waals surface area contributed by atoms with Crippen LogP contribution in [-0.2, 0) is 11.3 Å². The van der Waals surface area contributed by atoms with Gasteiger partial charge in [-0.25, -0.2) is 4.98 Å². The first-order chi connectivity index (χ1) is 14.0. The number of terminal acetylenes is 1. The summed E-state index contributed by atoms with van der Waals surface area (Å²) in [5.74, 6) is 2.91. The summed E-state index contributed by atoms with van der Waals surface area (Å²) in [6.07, 6.45) is 13.0. The number of hydrogen-bond acceptors (Lipinski definition) is 4. The molecule has 0 aliphatic heterocycles. The fraction of sp³-hybridized carbons (Fsp3) is 0.125. The molecule has 142 valence electrons. The number of aromatic nitrogens is 2. The fourth-order valence-corrected chi connectivity index (χ4v) is 3.79. The minimum atomic E-state index is -0.122. The van der Waals surface area contributed by atoms with Crippen molar-refractivity contribution in [2.24, 2.45) is 0 Å². The highest BCUT2D eigenvalue weighted by atomic mass is 16.1. The van der Waals surface area contributed by atoms with Gasteiger partial charge in [0.1, 0.15) is 5.82 Å². The topological polar surface area (TPSA) is 78.0 Å². The molecule has 0 fully saturated rings. The molecular weight excluding hydrogens is 362 g/mol. The molecular formula is C24H19N3O2. The highest BCUT2D eigenvalue weighted by molar-refractivity contribution is 6.27. The Bertz CT molecular complexity index is 1270. The summed E-state index contributed by atoms with van der Waals surface area (Å²) in [5.41, 5.74) is 9.93. The van der Waals surface area contributed by atoms with Crippen molar-refractivity contribution >= 4 is 33.9 Å². The molecule has 4 rings (SSSR count). The van der Waals surface area contributed by atoms with Gasteiger partial charge >= 0.3 is 0 Å². The Labute approximate surface area is 168 Å². The van der Waals surface area contributed by atoms with E-state index in [-0.39, 0.29) is 11.6 Å². The number of hydrogen-bond donors (Lipinski definition) is 1. The van der Waals surface area contributed by atoms with Crippen LogP contribution in [0.3, 0.4) is 0 Å². The van der Waals surface area contributed by atoms with Crippen LogP contribution in [0.4, 0.5) is 5.82 Å². The molecule has 0 saturated carbocycles. The molecule has 0 unspecified atom stereocenters. The van der Waals surface area contributed by atoms with E-state index in [2.05, 4.69) is 10.9 Å². The van der Waals surface area contributed by atoms with E-state index in [1.807, 2.05) is 41.0 Å². The molecule has 1 aromatic carbocycles. The van der Waals surface area contributed by atoms with Crippen molar-refractivity contribution in [3.63, 3.8) is 0 Å². The highest BCUT2D eigenvalue weighted by Gasteiger charge is 2.26. The molecule has 0 spiro atoms. The number of nitrogen functional groups attached to an aromatic ring is 1. The zero-order valence-electron chi connectivity index (χ0n) is 16.0. The van der Waals surface area contributed by atoms with Crippen molar-refractivity contribution in [1.82, 2.24) is 9.55 Å². The number of carbonyl (C=O) groups excluding carboxylic acids is 2. The summed E-state index contributed by atoms with van der Waals surface area (Å²) < 4.78 is 1.93. The molecule has 1 aliphatic rings. The Kier molecular flexibility index (Phi) is 4.61. The number of rotatable bonds is 4. The third-order valence-electron chi connectivity index (χ3n) is 5.02. The van der Waals surface area contributed by atoms with Crippen LogP contribution < -0.4 is 5.73 Å². The van der Waals surface area contributed by atoms with Crippen LogP contribution in [0.5, 0.6) is 0 Å². The van der Waals surface area contributed by atoms with Gasteiger partial charge in [-0.15, -0.1) is 6.42 Å². The van der Waals surface area contributed by atoms with Crippen molar-refractivity contribution in [2.75, 3.05) is 5.73 Å². The Morgan fingerprint density at radius 2 is 2.14 bits per heavy atom. The van der Waals surface area contributed by atoms with E-state index in [1.54, 1.807) is 18.3 Å². The lowest BCUT2D eigenvalue weighted by molar-refractivity contribution is -0.113. The van der Waals surface area contributed by atoms with Gasteiger partial charge in [-0.2, -0.15) is 0 Å². The molecule has 5 heteroatoms. The summed E-state index contributed by atoms with van der Waals surface area (Å²) >= 11 is 0. The van der Waals surface area contributed by atoms with E-state index in [0.29, 0.717) is 41.2 Å². The first-order valence-corrected chi connectivity index (χ1v) is 9.24. The second-order valence-corrected chi connectivity index (χ2v) is 6.97. The molecule has 1 aliphatic carbocycles. The van der Waals surface area contributed by atoms with Crippen LogP contribution >= 0.6 is 0 Å². The number of allylic oxidation sites excluding steroid dienone is 4. The van der Waals surface area contributed by atoms with Crippen LogP contribution in [0.2, 0.25) is 0 Å². The molecule has 29 heavy (non-hydrogen) atoms. The van der Waals surface area contributed by atoms with Crippen molar-refractivity contribution in [3.8, 4) is 12.3 Å². The predicted octanol–water partition coefficient (Wildman–Crippen LogP) is 3.76. The fourth-order valence-electron chi connectivity index (χ4n) is 3.79. The molecule has 2 aromatic heterocycles. The molecule has 0 atom stereocenters. The summed E-state index contributed by atoms with van der Waals surface area (Å²) in [5, 5.41) is 0.794. The number of benzene rings is 1. The van der Waals surface area contributed by atoms with Gasteiger partial charge in [-0.1, -0.05) is 24.1 Å². The Morgan fingerprint density at radius 1 is 1.31 bits per heavy atom. The van der Waals surface area contributed by atoms with Gasteiger partial charge in [-0.05, 0) is 35.9 Å². The number of anilines is 1. The van der Waals surface area contributed by atoms with Crippen molar-refractivity contribution < 1.29 is 9.59 Å². The van der Waals surface area contributed by atoms with E-state index in [4.69, 9.17) is 12.2 Å². The average Bonchev–Trinajstić information content (AvgIpc) is 3.02. The van der Waals surface area contributed by atoms with Crippen molar-refractivity contribution in [3.05, 3.63) is 77.1 Å². The first kappa shape index (κ1) is 18.5. The third kappa shape index (κ3) is 3.26. The average molecular weight is 381 g/mol.